The first-order valence-electron chi connectivity index (χ1n) is 9.66. The maximum absolute atomic E-state index is 8.36. The van der Waals surface area contributed by atoms with Crippen LogP contribution in [-0.4, -0.2) is 55.1 Å². The molecule has 0 bridgehead atoms. The van der Waals surface area contributed by atoms with Gasteiger partial charge in [-0.3, -0.25) is 14.8 Å². The molecular weight excluding hydrogens is 459 g/mol. The molecule has 0 aliphatic carbocycles. The van der Waals surface area contributed by atoms with E-state index in [1.165, 1.54) is 0 Å². The lowest BCUT2D eigenvalue weighted by atomic mass is 10.0. The summed E-state index contributed by atoms with van der Waals surface area (Å²) >= 11 is 12.9. The Labute approximate surface area is 192 Å². The number of aromatic amines is 1. The van der Waals surface area contributed by atoms with Gasteiger partial charge in [0.15, 0.2) is 0 Å². The van der Waals surface area contributed by atoms with Gasteiger partial charge in [-0.2, -0.15) is 5.10 Å². The van der Waals surface area contributed by atoms with Crippen LogP contribution in [0.5, 0.6) is 0 Å². The van der Waals surface area contributed by atoms with Crippen molar-refractivity contribution in [3.63, 3.8) is 0 Å². The van der Waals surface area contributed by atoms with Crippen LogP contribution in [-0.2, 0) is 35.8 Å². The molecule has 0 atom stereocenters. The molecule has 5 rings (SSSR count). The molecule has 4 heterocycles. The number of ether oxygens (including phenoxy) is 1. The second-order valence-corrected chi connectivity index (χ2v) is 7.84. The summed E-state index contributed by atoms with van der Waals surface area (Å²) in [5.74, 6) is 1.06. The summed E-state index contributed by atoms with van der Waals surface area (Å²) in [6.07, 6.45) is 3.72. The Morgan fingerprint density at radius 3 is 2.78 bits per heavy atom. The van der Waals surface area contributed by atoms with Crippen LogP contribution in [0.3, 0.4) is 0 Å². The van der Waals surface area contributed by atoms with Gasteiger partial charge >= 0.3 is 0 Å². The maximum Gasteiger partial charge on any atom is 0.290 e. The second kappa shape index (κ2) is 9.70. The summed E-state index contributed by atoms with van der Waals surface area (Å²) in [4.78, 5) is 10.6. The van der Waals surface area contributed by atoms with Gasteiger partial charge in [0.05, 0.1) is 28.3 Å². The Bertz CT molecular complexity index is 1220. The zero-order chi connectivity index (χ0) is 22.7. The predicted molar refractivity (Wildman–Crippen MR) is 117 cm³/mol. The van der Waals surface area contributed by atoms with Gasteiger partial charge in [0.2, 0.25) is 11.8 Å². The van der Waals surface area contributed by atoms with Crippen molar-refractivity contribution in [2.75, 3.05) is 13.7 Å². The minimum Gasteiger partial charge on any atom is -0.483 e. The lowest BCUT2D eigenvalue weighted by Crippen LogP contribution is -2.33. The molecule has 3 aromatic heterocycles. The summed E-state index contributed by atoms with van der Waals surface area (Å²) in [5, 5.41) is 24.3. The average molecular weight is 479 g/mol. The Morgan fingerprint density at radius 2 is 2.06 bits per heavy atom. The first kappa shape index (κ1) is 22.3. The molecule has 1 aromatic carbocycles. The highest BCUT2D eigenvalue weighted by Crippen LogP contribution is 2.42. The number of methoxy groups -OCH3 is 1. The summed E-state index contributed by atoms with van der Waals surface area (Å²) in [5.41, 5.74) is 4.26. The lowest BCUT2D eigenvalue weighted by molar-refractivity contribution is -0.122. The molecule has 168 valence electrons. The number of H-pyrrole nitrogens is 1. The Hall–Kier alpha value is -2.92. The highest BCUT2D eigenvalue weighted by molar-refractivity contribution is 6.45. The molecule has 0 saturated carbocycles. The first-order valence-corrected chi connectivity index (χ1v) is 10.4. The van der Waals surface area contributed by atoms with Crippen LogP contribution >= 0.6 is 23.2 Å². The molecule has 0 spiro atoms. The van der Waals surface area contributed by atoms with E-state index in [1.807, 2.05) is 24.5 Å². The number of rotatable bonds is 5. The van der Waals surface area contributed by atoms with Crippen molar-refractivity contribution in [1.29, 1.82) is 0 Å². The lowest BCUT2D eigenvalue weighted by Gasteiger charge is -2.28. The number of benzene rings is 1. The number of aromatic nitrogens is 5. The number of halogens is 2. The SMILES string of the molecule is COCc1nnc(CN2CCn3c(c(-c4cn[nH]c4)c4ccc(Cl)c(Cl)c43)C2)o1.O=CO. The van der Waals surface area contributed by atoms with Crippen LogP contribution in [0.2, 0.25) is 10.0 Å². The van der Waals surface area contributed by atoms with Gasteiger partial charge in [-0.05, 0) is 6.07 Å². The van der Waals surface area contributed by atoms with Crippen LogP contribution in [0.1, 0.15) is 17.5 Å². The molecule has 4 aromatic rings. The zero-order valence-electron chi connectivity index (χ0n) is 17.1. The van der Waals surface area contributed by atoms with Gasteiger partial charge in [0.1, 0.15) is 6.61 Å². The number of nitrogens with zero attached hydrogens (tertiary/aromatic N) is 5. The van der Waals surface area contributed by atoms with Crippen molar-refractivity contribution in [2.24, 2.45) is 0 Å². The minimum absolute atomic E-state index is 0.250. The van der Waals surface area contributed by atoms with Crippen LogP contribution in [0.4, 0.5) is 0 Å². The number of fused-ring (bicyclic) bond motifs is 3. The summed E-state index contributed by atoms with van der Waals surface area (Å²) in [7, 11) is 1.60. The van der Waals surface area contributed by atoms with Crippen molar-refractivity contribution in [2.45, 2.75) is 26.2 Å². The van der Waals surface area contributed by atoms with Gasteiger partial charge in [-0.1, -0.05) is 29.3 Å². The molecule has 10 nitrogen and oxygen atoms in total. The van der Waals surface area contributed by atoms with Gasteiger partial charge < -0.3 is 18.8 Å². The van der Waals surface area contributed by atoms with Gasteiger partial charge in [0.25, 0.3) is 6.47 Å². The van der Waals surface area contributed by atoms with E-state index < -0.39 is 0 Å². The summed E-state index contributed by atoms with van der Waals surface area (Å²) in [6.45, 7) is 2.95. The van der Waals surface area contributed by atoms with Crippen molar-refractivity contribution in [3.8, 4) is 11.1 Å². The molecule has 12 heteroatoms. The largest absolute Gasteiger partial charge is 0.483 e. The summed E-state index contributed by atoms with van der Waals surface area (Å²) in [6, 6.07) is 3.87. The smallest absolute Gasteiger partial charge is 0.290 e. The monoisotopic (exact) mass is 478 g/mol. The van der Waals surface area contributed by atoms with Crippen LogP contribution in [0, 0.1) is 0 Å². The van der Waals surface area contributed by atoms with Crippen molar-refractivity contribution in [1.82, 2.24) is 29.9 Å². The fraction of sp³-hybridized carbons (Fsp3) is 0.300. The van der Waals surface area contributed by atoms with E-state index in [-0.39, 0.29) is 6.47 Å². The van der Waals surface area contributed by atoms with Crippen molar-refractivity contribution in [3.05, 3.63) is 52.0 Å². The maximum atomic E-state index is 8.36. The third-order valence-electron chi connectivity index (χ3n) is 5.16. The third-order valence-corrected chi connectivity index (χ3v) is 5.95. The highest BCUT2D eigenvalue weighted by Gasteiger charge is 2.27. The topological polar surface area (TPSA) is 122 Å². The van der Waals surface area contributed by atoms with E-state index in [0.717, 1.165) is 40.8 Å². The molecule has 0 saturated heterocycles. The van der Waals surface area contributed by atoms with E-state index in [9.17, 15) is 0 Å². The Morgan fingerprint density at radius 1 is 1.28 bits per heavy atom. The molecule has 0 amide bonds. The number of hydrogen-bond donors (Lipinski definition) is 2. The number of carbonyl (C=O) groups is 1. The van der Waals surface area contributed by atoms with E-state index in [2.05, 4.69) is 29.9 Å². The normalized spacial score (nSPS) is 13.6. The molecule has 1 aliphatic heterocycles. The van der Waals surface area contributed by atoms with Crippen LogP contribution in [0.15, 0.2) is 28.9 Å². The summed E-state index contributed by atoms with van der Waals surface area (Å²) < 4.78 is 13.0. The van der Waals surface area contributed by atoms with E-state index in [4.69, 9.17) is 42.3 Å². The van der Waals surface area contributed by atoms with Gasteiger partial charge in [-0.25, -0.2) is 0 Å². The van der Waals surface area contributed by atoms with E-state index in [0.29, 0.717) is 41.5 Å². The molecule has 0 unspecified atom stereocenters. The van der Waals surface area contributed by atoms with Crippen LogP contribution < -0.4 is 0 Å². The van der Waals surface area contributed by atoms with E-state index in [1.54, 1.807) is 7.11 Å². The molecule has 0 fully saturated rings. The molecule has 2 N–H and O–H groups in total. The Kier molecular flexibility index (Phi) is 6.75. The van der Waals surface area contributed by atoms with Gasteiger partial charge in [0, 0.05) is 55.1 Å². The average Bonchev–Trinajstić information content (AvgIpc) is 3.51. The molecular formula is C20H20Cl2N6O4. The van der Waals surface area contributed by atoms with Crippen molar-refractivity contribution < 1.29 is 19.1 Å². The quantitative estimate of drug-likeness (QED) is 0.417. The molecule has 1 aliphatic rings. The first-order chi connectivity index (χ1) is 15.6. The second-order valence-electron chi connectivity index (χ2n) is 7.06. The highest BCUT2D eigenvalue weighted by atomic mass is 35.5. The zero-order valence-corrected chi connectivity index (χ0v) is 18.6. The van der Waals surface area contributed by atoms with Crippen LogP contribution in [0.25, 0.3) is 22.0 Å². The van der Waals surface area contributed by atoms with E-state index >= 15 is 0 Å². The molecule has 32 heavy (non-hydrogen) atoms. The molecule has 0 radical (unpaired) electrons. The fourth-order valence-electron chi connectivity index (χ4n) is 3.94. The number of hydrogen-bond acceptors (Lipinski definition) is 7. The third kappa shape index (κ3) is 4.22. The number of carboxylic acid groups (broad SMARTS) is 1. The standard InChI is InChI=1S/C19H18Cl2N6O2.CH2O2/c1-28-10-16-25-24-15(29-16)9-26-4-5-27-14(8-26)17(11-6-22-23-7-11)12-2-3-13(20)18(21)19(12)27;2-1-3/h2-3,6-7H,4-5,8-10H2,1H3,(H,22,23);1H,(H,2,3). The number of nitrogens with one attached hydrogen (secondary N) is 1. The fourth-order valence-corrected chi connectivity index (χ4v) is 4.36. The Balaban J connectivity index is 0.000000775. The minimum atomic E-state index is -0.250. The van der Waals surface area contributed by atoms with Crippen molar-refractivity contribution >= 4 is 40.6 Å². The van der Waals surface area contributed by atoms with Gasteiger partial charge in [-0.15, -0.1) is 10.2 Å². The predicted octanol–water partition coefficient (Wildman–Crippen LogP) is 3.58.